The summed E-state index contributed by atoms with van der Waals surface area (Å²) >= 11 is 6.18. The van der Waals surface area contributed by atoms with E-state index in [0.717, 1.165) is 24.7 Å². The van der Waals surface area contributed by atoms with Crippen LogP contribution < -0.4 is 10.2 Å². The molecular weight excluding hydrogens is 272 g/mol. The predicted octanol–water partition coefficient (Wildman–Crippen LogP) is 3.21. The van der Waals surface area contributed by atoms with Gasteiger partial charge in [-0.2, -0.15) is 0 Å². The van der Waals surface area contributed by atoms with Gasteiger partial charge in [-0.25, -0.2) is 0 Å². The minimum atomic E-state index is 0.283. The van der Waals surface area contributed by atoms with Gasteiger partial charge in [-0.3, -0.25) is 0 Å². The number of hydrogen-bond acceptors (Lipinski definition) is 3. The fourth-order valence-electron chi connectivity index (χ4n) is 2.76. The van der Waals surface area contributed by atoms with Gasteiger partial charge in [0.2, 0.25) is 0 Å². The van der Waals surface area contributed by atoms with Crippen molar-refractivity contribution in [2.75, 3.05) is 18.1 Å². The third-order valence-electron chi connectivity index (χ3n) is 4.12. The average molecular weight is 295 g/mol. The highest BCUT2D eigenvalue weighted by molar-refractivity contribution is 6.30. The van der Waals surface area contributed by atoms with Crippen LogP contribution in [-0.4, -0.2) is 31.3 Å². The molecule has 3 rings (SSSR count). The van der Waals surface area contributed by atoms with Crippen molar-refractivity contribution in [3.8, 4) is 0 Å². The van der Waals surface area contributed by atoms with E-state index in [2.05, 4.69) is 36.2 Å². The molecule has 20 heavy (non-hydrogen) atoms. The van der Waals surface area contributed by atoms with Gasteiger partial charge in [0, 0.05) is 35.9 Å². The van der Waals surface area contributed by atoms with Crippen molar-refractivity contribution in [1.82, 2.24) is 5.32 Å². The molecule has 1 aromatic rings. The van der Waals surface area contributed by atoms with Gasteiger partial charge in [0.1, 0.15) is 0 Å². The second-order valence-corrected chi connectivity index (χ2v) is 6.51. The van der Waals surface area contributed by atoms with Crippen LogP contribution >= 0.6 is 11.6 Å². The maximum Gasteiger partial charge on any atom is 0.0723 e. The summed E-state index contributed by atoms with van der Waals surface area (Å²) < 4.78 is 5.73. The van der Waals surface area contributed by atoms with Gasteiger partial charge in [0.15, 0.2) is 0 Å². The molecule has 2 unspecified atom stereocenters. The summed E-state index contributed by atoms with van der Waals surface area (Å²) in [5.41, 5.74) is 2.59. The number of benzene rings is 1. The summed E-state index contributed by atoms with van der Waals surface area (Å²) in [6.45, 7) is 6.99. The van der Waals surface area contributed by atoms with Gasteiger partial charge in [-0.15, -0.1) is 0 Å². The molecule has 2 aliphatic rings. The van der Waals surface area contributed by atoms with Crippen LogP contribution in [0.4, 0.5) is 5.69 Å². The highest BCUT2D eigenvalue weighted by Crippen LogP contribution is 2.29. The van der Waals surface area contributed by atoms with Gasteiger partial charge < -0.3 is 15.0 Å². The van der Waals surface area contributed by atoms with E-state index in [1.807, 2.05) is 6.07 Å². The maximum atomic E-state index is 6.18. The third kappa shape index (κ3) is 3.27. The molecule has 1 aliphatic heterocycles. The van der Waals surface area contributed by atoms with E-state index >= 15 is 0 Å². The number of anilines is 1. The van der Waals surface area contributed by atoms with Crippen molar-refractivity contribution in [3.05, 3.63) is 28.8 Å². The van der Waals surface area contributed by atoms with Crippen LogP contribution in [-0.2, 0) is 11.3 Å². The molecule has 1 aromatic carbocycles. The van der Waals surface area contributed by atoms with Crippen molar-refractivity contribution < 1.29 is 4.74 Å². The molecule has 110 valence electrons. The first-order valence-corrected chi connectivity index (χ1v) is 7.91. The summed E-state index contributed by atoms with van der Waals surface area (Å²) in [6.07, 6.45) is 2.90. The summed E-state index contributed by atoms with van der Waals surface area (Å²) in [5.74, 6) is 0. The topological polar surface area (TPSA) is 24.5 Å². The number of nitrogens with one attached hydrogen (secondary N) is 1. The Morgan fingerprint density at radius 1 is 1.35 bits per heavy atom. The van der Waals surface area contributed by atoms with Crippen LogP contribution in [0.15, 0.2) is 18.2 Å². The largest absolute Gasteiger partial charge is 0.375 e. The van der Waals surface area contributed by atoms with Gasteiger partial charge >= 0.3 is 0 Å². The molecule has 2 fully saturated rings. The third-order valence-corrected chi connectivity index (χ3v) is 4.35. The zero-order chi connectivity index (χ0) is 14.1. The first kappa shape index (κ1) is 14.2. The lowest BCUT2D eigenvalue weighted by Gasteiger charge is -2.39. The molecule has 1 heterocycles. The lowest BCUT2D eigenvalue weighted by atomic mass is 10.1. The Kier molecular flexibility index (Phi) is 4.20. The maximum absolute atomic E-state index is 6.18. The van der Waals surface area contributed by atoms with Crippen molar-refractivity contribution in [1.29, 1.82) is 0 Å². The number of rotatable bonds is 4. The summed E-state index contributed by atoms with van der Waals surface area (Å²) in [5, 5.41) is 4.40. The zero-order valence-electron chi connectivity index (χ0n) is 12.2. The molecule has 1 aliphatic carbocycles. The normalized spacial score (nSPS) is 26.9. The second kappa shape index (κ2) is 5.92. The average Bonchev–Trinajstić information content (AvgIpc) is 3.24. The quantitative estimate of drug-likeness (QED) is 0.923. The van der Waals surface area contributed by atoms with Gasteiger partial charge in [0.05, 0.1) is 12.7 Å². The first-order chi connectivity index (χ1) is 9.63. The van der Waals surface area contributed by atoms with E-state index in [0.29, 0.717) is 12.1 Å². The number of nitrogens with zero attached hydrogens (tertiary/aromatic N) is 1. The lowest BCUT2D eigenvalue weighted by molar-refractivity contribution is 0.0343. The van der Waals surface area contributed by atoms with E-state index in [4.69, 9.17) is 16.3 Å². The molecule has 0 spiro atoms. The molecule has 0 amide bonds. The lowest BCUT2D eigenvalue weighted by Crippen LogP contribution is -2.47. The van der Waals surface area contributed by atoms with Crippen LogP contribution in [0.5, 0.6) is 0 Å². The Hall–Kier alpha value is -0.770. The SMILES string of the molecule is CC1CN(c2ccc(Cl)cc2CNC2CC2)C(C)CO1. The summed E-state index contributed by atoms with van der Waals surface area (Å²) in [4.78, 5) is 2.45. The van der Waals surface area contributed by atoms with Crippen molar-refractivity contribution in [2.24, 2.45) is 0 Å². The Morgan fingerprint density at radius 2 is 2.15 bits per heavy atom. The van der Waals surface area contributed by atoms with E-state index < -0.39 is 0 Å². The van der Waals surface area contributed by atoms with E-state index in [1.54, 1.807) is 0 Å². The molecule has 2 atom stereocenters. The molecule has 0 bridgehead atoms. The minimum absolute atomic E-state index is 0.283. The van der Waals surface area contributed by atoms with E-state index in [9.17, 15) is 0 Å². The van der Waals surface area contributed by atoms with Gasteiger partial charge in [-0.1, -0.05) is 11.6 Å². The fraction of sp³-hybridized carbons (Fsp3) is 0.625. The van der Waals surface area contributed by atoms with Crippen molar-refractivity contribution in [2.45, 2.75) is 51.4 Å². The number of ether oxygens (including phenoxy) is 1. The zero-order valence-corrected chi connectivity index (χ0v) is 13.0. The Labute approximate surface area is 126 Å². The molecular formula is C16H23ClN2O. The van der Waals surface area contributed by atoms with E-state index in [-0.39, 0.29) is 6.10 Å². The van der Waals surface area contributed by atoms with Crippen molar-refractivity contribution in [3.63, 3.8) is 0 Å². The predicted molar refractivity (Wildman–Crippen MR) is 83.5 cm³/mol. The van der Waals surface area contributed by atoms with Crippen LogP contribution in [0.2, 0.25) is 5.02 Å². The summed E-state index contributed by atoms with van der Waals surface area (Å²) in [7, 11) is 0. The fourth-order valence-corrected chi connectivity index (χ4v) is 2.95. The highest BCUT2D eigenvalue weighted by atomic mass is 35.5. The molecule has 3 nitrogen and oxygen atoms in total. The summed E-state index contributed by atoms with van der Waals surface area (Å²) in [6, 6.07) is 7.36. The number of halogens is 1. The van der Waals surface area contributed by atoms with Gasteiger partial charge in [0.25, 0.3) is 0 Å². The second-order valence-electron chi connectivity index (χ2n) is 6.07. The Balaban J connectivity index is 1.82. The highest BCUT2D eigenvalue weighted by Gasteiger charge is 2.26. The molecule has 4 heteroatoms. The van der Waals surface area contributed by atoms with Crippen LogP contribution in [0.25, 0.3) is 0 Å². The smallest absolute Gasteiger partial charge is 0.0723 e. The standard InChI is InChI=1S/C16H23ClN2O/c1-11-10-20-12(2)9-19(11)16-6-3-14(17)7-13(16)8-18-15-4-5-15/h3,6-7,11-12,15,18H,4-5,8-10H2,1-2H3. The van der Waals surface area contributed by atoms with E-state index in [1.165, 1.54) is 24.1 Å². The van der Waals surface area contributed by atoms with Crippen molar-refractivity contribution >= 4 is 17.3 Å². The molecule has 1 saturated carbocycles. The Morgan fingerprint density at radius 3 is 2.90 bits per heavy atom. The molecule has 1 N–H and O–H groups in total. The monoisotopic (exact) mass is 294 g/mol. The molecule has 1 saturated heterocycles. The van der Waals surface area contributed by atoms with Crippen LogP contribution in [0, 0.1) is 0 Å². The van der Waals surface area contributed by atoms with Crippen LogP contribution in [0.1, 0.15) is 32.3 Å². The Bertz CT molecular complexity index is 476. The molecule has 0 aromatic heterocycles. The first-order valence-electron chi connectivity index (χ1n) is 7.53. The van der Waals surface area contributed by atoms with Crippen LogP contribution in [0.3, 0.4) is 0 Å². The molecule has 0 radical (unpaired) electrons. The number of morpholine rings is 1. The number of hydrogen-bond donors (Lipinski definition) is 1. The minimum Gasteiger partial charge on any atom is -0.375 e. The van der Waals surface area contributed by atoms with Gasteiger partial charge in [-0.05, 0) is 50.5 Å².